The van der Waals surface area contributed by atoms with Gasteiger partial charge in [-0.25, -0.2) is 0 Å². The molecule has 0 saturated carbocycles. The highest BCUT2D eigenvalue weighted by Crippen LogP contribution is 2.18. The summed E-state index contributed by atoms with van der Waals surface area (Å²) < 4.78 is 10.7. The van der Waals surface area contributed by atoms with E-state index in [9.17, 15) is 15.3 Å². The third kappa shape index (κ3) is 15.1. The molecule has 1 heterocycles. The molecule has 0 amide bonds. The second-order valence-electron chi connectivity index (χ2n) is 9.14. The number of hydrogen-bond acceptors (Lipinski definition) is 5. The van der Waals surface area contributed by atoms with Crippen molar-refractivity contribution < 1.29 is 24.8 Å². The van der Waals surface area contributed by atoms with Crippen molar-refractivity contribution >= 4 is 0 Å². The molecular formula is C26H50O5. The fourth-order valence-electron chi connectivity index (χ4n) is 4.07. The molecule has 1 rings (SSSR count). The molecular weight excluding hydrogens is 392 g/mol. The second kappa shape index (κ2) is 20.2. The number of rotatable bonds is 21. The van der Waals surface area contributed by atoms with E-state index in [4.69, 9.17) is 9.47 Å². The number of allylic oxidation sites excluding steroid dienone is 2. The van der Waals surface area contributed by atoms with Gasteiger partial charge in [-0.3, -0.25) is 0 Å². The summed E-state index contributed by atoms with van der Waals surface area (Å²) in [7, 11) is 0. The molecule has 0 aromatic rings. The lowest BCUT2D eigenvalue weighted by Crippen LogP contribution is -2.40. The summed E-state index contributed by atoms with van der Waals surface area (Å²) in [5.41, 5.74) is 0. The Morgan fingerprint density at radius 3 is 1.84 bits per heavy atom. The maximum absolute atomic E-state index is 9.96. The molecule has 5 nitrogen and oxygen atoms in total. The zero-order valence-corrected chi connectivity index (χ0v) is 20.1. The van der Waals surface area contributed by atoms with Crippen LogP contribution >= 0.6 is 0 Å². The number of aliphatic hydroxyl groups is 3. The summed E-state index contributed by atoms with van der Waals surface area (Å²) in [6, 6.07) is 0. The van der Waals surface area contributed by atoms with Gasteiger partial charge in [0.15, 0.2) is 0 Å². The first kappa shape index (κ1) is 28.6. The smallest absolute Gasteiger partial charge is 0.114 e. The maximum Gasteiger partial charge on any atom is 0.114 e. The quantitative estimate of drug-likeness (QED) is 0.166. The van der Waals surface area contributed by atoms with Crippen molar-refractivity contribution in [3.63, 3.8) is 0 Å². The van der Waals surface area contributed by atoms with E-state index in [1.165, 1.54) is 83.5 Å². The van der Waals surface area contributed by atoms with Crippen molar-refractivity contribution in [1.82, 2.24) is 0 Å². The van der Waals surface area contributed by atoms with Gasteiger partial charge >= 0.3 is 0 Å². The SMILES string of the molecule is CCCCCCCCCCCC/C=C/CCCCCCOC[C@@H](O)[C@H]1OC[C@H](O)[C@H]1O. The summed E-state index contributed by atoms with van der Waals surface area (Å²) in [5.74, 6) is 0. The third-order valence-corrected chi connectivity index (χ3v) is 6.16. The van der Waals surface area contributed by atoms with Crippen LogP contribution in [0.4, 0.5) is 0 Å². The van der Waals surface area contributed by atoms with Crippen LogP contribution in [-0.2, 0) is 9.47 Å². The van der Waals surface area contributed by atoms with E-state index in [0.717, 1.165) is 19.3 Å². The standard InChI is InChI=1S/C26H50O5/c1-2-3-4-5-6-7-8-9-10-11-12-13-14-15-16-17-18-19-20-30-21-24(28)26-25(29)23(27)22-31-26/h13-14,23-29H,2-12,15-22H2,1H3/b14-13+/t23-,24+,25+,26+/m0/s1. The summed E-state index contributed by atoms with van der Waals surface area (Å²) in [5, 5.41) is 29.1. The lowest BCUT2D eigenvalue weighted by molar-refractivity contribution is -0.0813. The van der Waals surface area contributed by atoms with Gasteiger partial charge in [0.1, 0.15) is 24.4 Å². The van der Waals surface area contributed by atoms with Crippen LogP contribution in [0.5, 0.6) is 0 Å². The number of ether oxygens (including phenoxy) is 2. The van der Waals surface area contributed by atoms with Crippen LogP contribution in [0.2, 0.25) is 0 Å². The Morgan fingerprint density at radius 1 is 0.806 bits per heavy atom. The van der Waals surface area contributed by atoms with Gasteiger partial charge in [0.2, 0.25) is 0 Å². The Labute approximate surface area is 191 Å². The Hall–Kier alpha value is -0.460. The predicted octanol–water partition coefficient (Wildman–Crippen LogP) is 5.30. The van der Waals surface area contributed by atoms with Crippen LogP contribution in [0.25, 0.3) is 0 Å². The molecule has 0 bridgehead atoms. The summed E-state index contributed by atoms with van der Waals surface area (Å²) in [6.07, 6.45) is 22.0. The van der Waals surface area contributed by atoms with Gasteiger partial charge in [0, 0.05) is 6.61 Å². The highest BCUT2D eigenvalue weighted by atomic mass is 16.5. The first-order valence-corrected chi connectivity index (χ1v) is 13.0. The van der Waals surface area contributed by atoms with E-state index in [1.54, 1.807) is 0 Å². The average molecular weight is 443 g/mol. The van der Waals surface area contributed by atoms with Crippen molar-refractivity contribution in [2.75, 3.05) is 19.8 Å². The van der Waals surface area contributed by atoms with Crippen molar-refractivity contribution in [1.29, 1.82) is 0 Å². The van der Waals surface area contributed by atoms with E-state index < -0.39 is 24.4 Å². The van der Waals surface area contributed by atoms with Crippen molar-refractivity contribution in [3.8, 4) is 0 Å². The number of aliphatic hydroxyl groups excluding tert-OH is 3. The minimum absolute atomic E-state index is 0.0661. The van der Waals surface area contributed by atoms with E-state index in [1.807, 2.05) is 0 Å². The molecule has 0 spiro atoms. The number of unbranched alkanes of at least 4 members (excludes halogenated alkanes) is 14. The van der Waals surface area contributed by atoms with Crippen molar-refractivity contribution in [2.45, 2.75) is 134 Å². The van der Waals surface area contributed by atoms with Crippen LogP contribution in [0.15, 0.2) is 12.2 Å². The van der Waals surface area contributed by atoms with E-state index in [2.05, 4.69) is 19.1 Å². The van der Waals surface area contributed by atoms with Gasteiger partial charge in [-0.1, -0.05) is 89.7 Å². The lowest BCUT2D eigenvalue weighted by atomic mass is 10.1. The van der Waals surface area contributed by atoms with Crippen LogP contribution in [0.1, 0.15) is 110 Å². The first-order valence-electron chi connectivity index (χ1n) is 13.0. The Morgan fingerprint density at radius 2 is 1.32 bits per heavy atom. The van der Waals surface area contributed by atoms with Gasteiger partial charge in [-0.05, 0) is 32.1 Å². The van der Waals surface area contributed by atoms with Crippen LogP contribution in [-0.4, -0.2) is 59.6 Å². The molecule has 0 unspecified atom stereocenters. The van der Waals surface area contributed by atoms with Crippen LogP contribution in [0.3, 0.4) is 0 Å². The highest BCUT2D eigenvalue weighted by Gasteiger charge is 2.39. The Kier molecular flexibility index (Phi) is 18.6. The molecule has 0 aromatic heterocycles. The lowest BCUT2D eigenvalue weighted by Gasteiger charge is -2.20. The monoisotopic (exact) mass is 442 g/mol. The maximum atomic E-state index is 9.96. The summed E-state index contributed by atoms with van der Waals surface area (Å²) >= 11 is 0. The fraction of sp³-hybridized carbons (Fsp3) is 0.923. The van der Waals surface area contributed by atoms with E-state index in [0.29, 0.717) is 6.61 Å². The van der Waals surface area contributed by atoms with Crippen molar-refractivity contribution in [2.24, 2.45) is 0 Å². The fourth-order valence-corrected chi connectivity index (χ4v) is 4.07. The molecule has 1 saturated heterocycles. The molecule has 0 aliphatic carbocycles. The van der Waals surface area contributed by atoms with E-state index in [-0.39, 0.29) is 13.2 Å². The zero-order valence-electron chi connectivity index (χ0n) is 20.1. The third-order valence-electron chi connectivity index (χ3n) is 6.16. The molecule has 4 atom stereocenters. The molecule has 0 radical (unpaired) electrons. The highest BCUT2D eigenvalue weighted by molar-refractivity contribution is 4.87. The second-order valence-corrected chi connectivity index (χ2v) is 9.14. The minimum Gasteiger partial charge on any atom is -0.388 e. The summed E-state index contributed by atoms with van der Waals surface area (Å²) in [4.78, 5) is 0. The minimum atomic E-state index is -1.03. The molecule has 1 aliphatic heterocycles. The molecule has 0 aromatic carbocycles. The normalized spacial score (nSPS) is 22.5. The zero-order chi connectivity index (χ0) is 22.6. The average Bonchev–Trinajstić information content (AvgIpc) is 3.10. The molecule has 3 N–H and O–H groups in total. The van der Waals surface area contributed by atoms with Gasteiger partial charge in [-0.2, -0.15) is 0 Å². The van der Waals surface area contributed by atoms with Gasteiger partial charge in [0.05, 0.1) is 13.2 Å². The number of hydrogen-bond donors (Lipinski definition) is 3. The van der Waals surface area contributed by atoms with Gasteiger partial charge < -0.3 is 24.8 Å². The molecule has 184 valence electrons. The molecule has 1 fully saturated rings. The van der Waals surface area contributed by atoms with Crippen molar-refractivity contribution in [3.05, 3.63) is 12.2 Å². The Balaban J connectivity index is 1.77. The molecule has 5 heteroatoms. The van der Waals surface area contributed by atoms with Gasteiger partial charge in [-0.15, -0.1) is 0 Å². The van der Waals surface area contributed by atoms with Crippen LogP contribution < -0.4 is 0 Å². The van der Waals surface area contributed by atoms with Gasteiger partial charge in [0.25, 0.3) is 0 Å². The largest absolute Gasteiger partial charge is 0.388 e. The first-order chi connectivity index (χ1) is 15.2. The Bertz CT molecular complexity index is 415. The predicted molar refractivity (Wildman–Crippen MR) is 127 cm³/mol. The topological polar surface area (TPSA) is 79.2 Å². The van der Waals surface area contributed by atoms with Crippen LogP contribution in [0, 0.1) is 0 Å². The molecule has 1 aliphatic rings. The van der Waals surface area contributed by atoms with E-state index >= 15 is 0 Å². The molecule has 31 heavy (non-hydrogen) atoms. The summed E-state index contributed by atoms with van der Waals surface area (Å²) in [6.45, 7) is 3.08.